The Morgan fingerprint density at radius 2 is 0.793 bits per heavy atom. The van der Waals surface area contributed by atoms with Crippen molar-refractivity contribution in [1.29, 1.82) is 0 Å². The van der Waals surface area contributed by atoms with E-state index in [0.717, 1.165) is 42.0 Å². The molecule has 15 rings (SSSR count). The van der Waals surface area contributed by atoms with Crippen LogP contribution in [0.15, 0.2) is 224 Å². The zero-order valence-corrected chi connectivity index (χ0v) is 49.1. The van der Waals surface area contributed by atoms with E-state index in [2.05, 4.69) is 301 Å². The van der Waals surface area contributed by atoms with Crippen LogP contribution in [0.4, 0.5) is 51.2 Å². The molecule has 82 heavy (non-hydrogen) atoms. The highest BCUT2D eigenvalue weighted by Gasteiger charge is 2.50. The summed E-state index contributed by atoms with van der Waals surface area (Å²) < 4.78 is 0. The van der Waals surface area contributed by atoms with Crippen LogP contribution in [0.25, 0.3) is 11.1 Å². The topological polar surface area (TPSA) is 9.72 Å². The van der Waals surface area contributed by atoms with E-state index < -0.39 is 5.41 Å². The minimum absolute atomic E-state index is 0.0111. The first-order valence-corrected chi connectivity index (χ1v) is 30.0. The lowest BCUT2D eigenvalue weighted by Crippen LogP contribution is -2.62. The van der Waals surface area contributed by atoms with Crippen molar-refractivity contribution in [2.24, 2.45) is 0 Å². The maximum Gasteiger partial charge on any atom is 0.252 e. The summed E-state index contributed by atoms with van der Waals surface area (Å²) in [5.74, 6) is 0. The Balaban J connectivity index is 1.04. The number of anilines is 9. The third-order valence-corrected chi connectivity index (χ3v) is 20.3. The number of hydrogen-bond acceptors (Lipinski definition) is 3. The Morgan fingerprint density at radius 3 is 1.37 bits per heavy atom. The van der Waals surface area contributed by atoms with Gasteiger partial charge in [-0.05, 0) is 211 Å². The van der Waals surface area contributed by atoms with Crippen molar-refractivity contribution in [2.75, 3.05) is 14.7 Å². The molecule has 0 saturated carbocycles. The predicted octanol–water partition coefficient (Wildman–Crippen LogP) is 18.6. The molecule has 3 aliphatic carbocycles. The highest BCUT2D eigenvalue weighted by Crippen LogP contribution is 2.59. The van der Waals surface area contributed by atoms with Gasteiger partial charge in [0.2, 0.25) is 0 Å². The predicted molar refractivity (Wildman–Crippen MR) is 348 cm³/mol. The molecule has 4 heteroatoms. The van der Waals surface area contributed by atoms with Gasteiger partial charge in [0.25, 0.3) is 6.71 Å². The van der Waals surface area contributed by atoms with Crippen LogP contribution in [-0.4, -0.2) is 6.71 Å². The monoisotopic (exact) mass is 1060 g/mol. The molecule has 0 aromatic heterocycles. The molecule has 0 bridgehead atoms. The van der Waals surface area contributed by atoms with Gasteiger partial charge in [-0.15, -0.1) is 0 Å². The number of para-hydroxylation sites is 2. The second kappa shape index (κ2) is 18.1. The number of fused-ring (bicyclic) bond motifs is 9. The third kappa shape index (κ3) is 7.42. The van der Waals surface area contributed by atoms with Crippen molar-refractivity contribution in [3.05, 3.63) is 275 Å². The highest BCUT2D eigenvalue weighted by molar-refractivity contribution is 7.00. The molecule has 10 aromatic carbocycles. The zero-order chi connectivity index (χ0) is 56.1. The summed E-state index contributed by atoms with van der Waals surface area (Å²) in [5, 5.41) is 0. The van der Waals surface area contributed by atoms with Gasteiger partial charge in [0.1, 0.15) is 0 Å². The number of hydrogen-bond donors (Lipinski definition) is 0. The van der Waals surface area contributed by atoms with E-state index in [-0.39, 0.29) is 28.4 Å². The normalized spacial score (nSPS) is 17.5. The van der Waals surface area contributed by atoms with Gasteiger partial charge in [-0.25, -0.2) is 0 Å². The van der Waals surface area contributed by atoms with Gasteiger partial charge >= 0.3 is 0 Å². The lowest BCUT2D eigenvalue weighted by Gasteiger charge is -2.48. The largest absolute Gasteiger partial charge is 0.311 e. The van der Waals surface area contributed by atoms with Crippen molar-refractivity contribution in [1.82, 2.24) is 0 Å². The zero-order valence-electron chi connectivity index (χ0n) is 49.1. The minimum Gasteiger partial charge on any atom is -0.311 e. The molecule has 0 spiro atoms. The van der Waals surface area contributed by atoms with E-state index in [1.165, 1.54) is 112 Å². The van der Waals surface area contributed by atoms with Crippen LogP contribution >= 0.6 is 0 Å². The summed E-state index contributed by atoms with van der Waals surface area (Å²) in [6.07, 6.45) is 4.65. The Kier molecular flexibility index (Phi) is 11.2. The summed E-state index contributed by atoms with van der Waals surface area (Å²) in [6, 6.07) is 86.1. The molecule has 0 unspecified atom stereocenters. The van der Waals surface area contributed by atoms with Crippen molar-refractivity contribution in [3.63, 3.8) is 0 Å². The molecule has 0 fully saturated rings. The minimum atomic E-state index is -0.510. The first-order chi connectivity index (χ1) is 39.5. The van der Waals surface area contributed by atoms with Crippen molar-refractivity contribution < 1.29 is 0 Å². The molecular formula is C78H72BN3. The lowest BCUT2D eigenvalue weighted by molar-refractivity contribution is 0.332. The maximum atomic E-state index is 2.70. The van der Waals surface area contributed by atoms with Gasteiger partial charge in [0.05, 0.1) is 5.41 Å². The highest BCUT2D eigenvalue weighted by atomic mass is 15.2. The summed E-state index contributed by atoms with van der Waals surface area (Å²) in [4.78, 5) is 7.78. The molecular weight excluding hydrogens is 990 g/mol. The Morgan fingerprint density at radius 1 is 0.341 bits per heavy atom. The van der Waals surface area contributed by atoms with Crippen molar-refractivity contribution in [2.45, 2.75) is 115 Å². The van der Waals surface area contributed by atoms with E-state index in [1.54, 1.807) is 0 Å². The van der Waals surface area contributed by atoms with Gasteiger partial charge in [-0.3, -0.25) is 0 Å². The first-order valence-electron chi connectivity index (χ1n) is 30.0. The lowest BCUT2D eigenvalue weighted by atomic mass is 9.33. The molecule has 0 atom stereocenters. The van der Waals surface area contributed by atoms with Gasteiger partial charge < -0.3 is 14.7 Å². The average molecular weight is 1060 g/mol. The Labute approximate surface area is 487 Å². The number of benzene rings is 10. The second-order valence-electron chi connectivity index (χ2n) is 27.0. The van der Waals surface area contributed by atoms with Crippen molar-refractivity contribution in [3.8, 4) is 11.1 Å². The van der Waals surface area contributed by atoms with E-state index >= 15 is 0 Å². The SMILES string of the molecule is Cc1cc2c3c(c1)N(c1ccc4c(c1)C(C)(C)CCC4(C)C)c1cc4c(cc1B3c1ccc(N(c3ccccc3)c3ccccc3)cc1N2c1ccc2c(c1)-c1ccccc1C2(c1ccccc1)c1ccccc1)C(C)(C)CCC4(C)C. The molecule has 0 saturated heterocycles. The van der Waals surface area contributed by atoms with Crippen LogP contribution in [0.1, 0.15) is 131 Å². The Hall–Kier alpha value is -8.34. The molecule has 10 aromatic rings. The second-order valence-corrected chi connectivity index (χ2v) is 27.0. The third-order valence-electron chi connectivity index (χ3n) is 20.3. The number of nitrogens with zero attached hydrogens (tertiary/aromatic N) is 3. The quantitative estimate of drug-likeness (QED) is 0.147. The molecule has 2 heterocycles. The fraction of sp³-hybridized carbons (Fsp3) is 0.231. The average Bonchev–Trinajstić information content (AvgIpc) is 1.85. The maximum absolute atomic E-state index is 2.70. The fourth-order valence-electron chi connectivity index (χ4n) is 15.8. The van der Waals surface area contributed by atoms with Gasteiger partial charge in [0.15, 0.2) is 0 Å². The molecule has 0 amide bonds. The molecule has 3 nitrogen and oxygen atoms in total. The first kappa shape index (κ1) is 50.6. The van der Waals surface area contributed by atoms with Crippen molar-refractivity contribution >= 4 is 74.3 Å². The fourth-order valence-corrected chi connectivity index (χ4v) is 15.8. The van der Waals surface area contributed by atoms with Gasteiger partial charge in [-0.2, -0.15) is 0 Å². The van der Waals surface area contributed by atoms with Crippen LogP contribution in [0.5, 0.6) is 0 Å². The standard InChI is InChI=1S/C78H72BN3/c1-51-44-71-73-72(45-51)82(57-35-38-63-64(47-57)75(4,5)41-40-74(63,2)3)70-50-66-65(76(6,7)42-43-77(66,8)9)49-68(70)79(73)67-39-36-58(80(54-28-18-12-19-29-54)55-30-20-13-21-31-55)48-69(67)81(71)56-34-37-62-60(46-56)59-32-22-23-33-61(59)78(62,52-24-14-10-15-25-52)53-26-16-11-17-27-53/h10-39,44-50H,40-43H2,1-9H3. The van der Waals surface area contributed by atoms with E-state index in [4.69, 9.17) is 0 Å². The molecule has 0 N–H and O–H groups in total. The van der Waals surface area contributed by atoms with Crippen LogP contribution in [0.3, 0.4) is 0 Å². The van der Waals surface area contributed by atoms with E-state index in [1.807, 2.05) is 0 Å². The number of rotatable bonds is 7. The van der Waals surface area contributed by atoms with Crippen LogP contribution in [-0.2, 0) is 27.1 Å². The van der Waals surface area contributed by atoms with Gasteiger partial charge in [-0.1, -0.05) is 201 Å². The summed E-state index contributed by atoms with van der Waals surface area (Å²) >= 11 is 0. The van der Waals surface area contributed by atoms with Crippen LogP contribution in [0, 0.1) is 6.92 Å². The van der Waals surface area contributed by atoms with E-state index in [0.29, 0.717) is 0 Å². The molecule has 2 aliphatic heterocycles. The summed E-state index contributed by atoms with van der Waals surface area (Å²) in [7, 11) is 0. The summed E-state index contributed by atoms with van der Waals surface area (Å²) in [6.45, 7) is 22.1. The van der Waals surface area contributed by atoms with E-state index in [9.17, 15) is 0 Å². The van der Waals surface area contributed by atoms with Gasteiger partial charge in [0, 0.05) is 51.2 Å². The smallest absolute Gasteiger partial charge is 0.252 e. The summed E-state index contributed by atoms with van der Waals surface area (Å²) in [5.41, 5.74) is 29.3. The number of aryl methyl sites for hydroxylation is 1. The van der Waals surface area contributed by atoms with Crippen LogP contribution in [0.2, 0.25) is 0 Å². The molecule has 0 radical (unpaired) electrons. The molecule has 402 valence electrons. The Bertz CT molecular complexity index is 4110. The molecule has 5 aliphatic rings. The van der Waals surface area contributed by atoms with Crippen LogP contribution < -0.4 is 31.1 Å².